The number of benzene rings is 2. The Morgan fingerprint density at radius 3 is 2.65 bits per heavy atom. The van der Waals surface area contributed by atoms with Crippen LogP contribution in [-0.4, -0.2) is 28.0 Å². The fraction of sp³-hybridized carbons (Fsp3) is 0.222. The predicted octanol–water partition coefficient (Wildman–Crippen LogP) is 3.24. The van der Waals surface area contributed by atoms with Crippen molar-refractivity contribution in [2.24, 2.45) is 0 Å². The zero-order valence-electron chi connectivity index (χ0n) is 12.5. The summed E-state index contributed by atoms with van der Waals surface area (Å²) in [5, 5.41) is 30.4. The van der Waals surface area contributed by atoms with Gasteiger partial charge in [-0.05, 0) is 30.7 Å². The summed E-state index contributed by atoms with van der Waals surface area (Å²) in [7, 11) is 0. The maximum Gasteiger partial charge on any atom is 0.162 e. The normalized spacial score (nSPS) is 18.4. The molecule has 4 rings (SSSR count). The zero-order chi connectivity index (χ0) is 16.1. The molecule has 2 aromatic carbocycles. The van der Waals surface area contributed by atoms with Crippen molar-refractivity contribution < 1.29 is 24.8 Å². The van der Waals surface area contributed by atoms with Gasteiger partial charge in [0.2, 0.25) is 0 Å². The van der Waals surface area contributed by atoms with E-state index in [1.54, 1.807) is 24.3 Å². The first-order valence-electron chi connectivity index (χ1n) is 7.51. The number of hydrogen-bond acceptors (Lipinski definition) is 5. The Morgan fingerprint density at radius 2 is 1.87 bits per heavy atom. The Kier molecular flexibility index (Phi) is 2.91. The molecule has 0 bridgehead atoms. The van der Waals surface area contributed by atoms with E-state index in [2.05, 4.69) is 0 Å². The second-order valence-electron chi connectivity index (χ2n) is 5.65. The van der Waals surface area contributed by atoms with Gasteiger partial charge in [0, 0.05) is 22.8 Å². The Balaban J connectivity index is 1.96. The van der Waals surface area contributed by atoms with E-state index >= 15 is 0 Å². The van der Waals surface area contributed by atoms with Gasteiger partial charge in [0.05, 0.1) is 5.56 Å². The highest BCUT2D eigenvalue weighted by atomic mass is 16.5. The highest BCUT2D eigenvalue weighted by Gasteiger charge is 2.36. The number of aliphatic hydroxyl groups excluding tert-OH is 1. The highest BCUT2D eigenvalue weighted by molar-refractivity contribution is 5.95. The molecule has 1 atom stereocenters. The molecule has 0 aliphatic carbocycles. The summed E-state index contributed by atoms with van der Waals surface area (Å²) in [6, 6.07) is 8.00. The van der Waals surface area contributed by atoms with Crippen LogP contribution in [0.3, 0.4) is 0 Å². The first kappa shape index (κ1) is 13.8. The zero-order valence-corrected chi connectivity index (χ0v) is 12.5. The predicted molar refractivity (Wildman–Crippen MR) is 84.9 cm³/mol. The van der Waals surface area contributed by atoms with Crippen molar-refractivity contribution in [3.63, 3.8) is 0 Å². The summed E-state index contributed by atoms with van der Waals surface area (Å²) in [5.74, 6) is 1.41. The third-order valence-corrected chi connectivity index (χ3v) is 4.33. The lowest BCUT2D eigenvalue weighted by molar-refractivity contribution is 0.154. The highest BCUT2D eigenvalue weighted by Crippen LogP contribution is 2.47. The number of phenols is 2. The molecule has 118 valence electrons. The Hall–Kier alpha value is -2.82. The van der Waals surface area contributed by atoms with Crippen LogP contribution in [0.1, 0.15) is 23.6 Å². The van der Waals surface area contributed by atoms with Crippen LogP contribution in [0.4, 0.5) is 0 Å². The third kappa shape index (κ3) is 1.93. The van der Waals surface area contributed by atoms with Crippen LogP contribution >= 0.6 is 0 Å². The van der Waals surface area contributed by atoms with Gasteiger partial charge in [-0.2, -0.15) is 0 Å². The molecule has 0 spiro atoms. The van der Waals surface area contributed by atoms with Crippen LogP contribution in [0.2, 0.25) is 0 Å². The molecule has 0 fully saturated rings. The summed E-state index contributed by atoms with van der Waals surface area (Å²) in [6.45, 7) is 2.15. The van der Waals surface area contributed by atoms with E-state index in [9.17, 15) is 15.3 Å². The van der Waals surface area contributed by atoms with Gasteiger partial charge >= 0.3 is 0 Å². The number of hydrogen-bond donors (Lipinski definition) is 3. The molecule has 23 heavy (non-hydrogen) atoms. The van der Waals surface area contributed by atoms with Crippen molar-refractivity contribution >= 4 is 11.3 Å². The van der Waals surface area contributed by atoms with Crippen LogP contribution in [0.15, 0.2) is 30.3 Å². The van der Waals surface area contributed by atoms with E-state index in [-0.39, 0.29) is 23.9 Å². The molecule has 0 saturated heterocycles. The van der Waals surface area contributed by atoms with E-state index in [1.807, 2.05) is 6.92 Å². The van der Waals surface area contributed by atoms with Gasteiger partial charge in [-0.15, -0.1) is 0 Å². The lowest BCUT2D eigenvalue weighted by Crippen LogP contribution is -2.34. The molecule has 5 nitrogen and oxygen atoms in total. The molecular weight excluding hydrogens is 296 g/mol. The molecule has 0 radical (unpaired) electrons. The molecule has 2 heterocycles. The van der Waals surface area contributed by atoms with Crippen molar-refractivity contribution in [1.29, 1.82) is 0 Å². The molecule has 0 aromatic heterocycles. The van der Waals surface area contributed by atoms with Gasteiger partial charge in [0.15, 0.2) is 6.10 Å². The minimum Gasteiger partial charge on any atom is -0.508 e. The van der Waals surface area contributed by atoms with Gasteiger partial charge < -0.3 is 24.8 Å². The summed E-state index contributed by atoms with van der Waals surface area (Å²) in [4.78, 5) is 0. The largest absolute Gasteiger partial charge is 0.508 e. The monoisotopic (exact) mass is 312 g/mol. The lowest BCUT2D eigenvalue weighted by atomic mass is 9.90. The van der Waals surface area contributed by atoms with Gasteiger partial charge in [0.25, 0.3) is 0 Å². The Morgan fingerprint density at radius 1 is 1.09 bits per heavy atom. The van der Waals surface area contributed by atoms with Crippen LogP contribution in [0.25, 0.3) is 11.3 Å². The van der Waals surface area contributed by atoms with Crippen molar-refractivity contribution in [3.05, 3.63) is 47.0 Å². The third-order valence-electron chi connectivity index (χ3n) is 4.33. The van der Waals surface area contributed by atoms with Gasteiger partial charge in [-0.25, -0.2) is 0 Å². The molecule has 1 unspecified atom stereocenters. The molecule has 0 amide bonds. The smallest absolute Gasteiger partial charge is 0.162 e. The van der Waals surface area contributed by atoms with Gasteiger partial charge in [-0.3, -0.25) is 0 Å². The van der Waals surface area contributed by atoms with E-state index in [4.69, 9.17) is 9.47 Å². The van der Waals surface area contributed by atoms with Crippen LogP contribution in [-0.2, 0) is 6.42 Å². The molecule has 3 N–H and O–H groups in total. The van der Waals surface area contributed by atoms with Crippen molar-refractivity contribution in [2.45, 2.75) is 19.4 Å². The second-order valence-corrected chi connectivity index (χ2v) is 5.65. The number of ether oxygens (including phenoxy) is 2. The SMILES string of the molecule is CCc1c(O)ccc2c1OC1COc3cc(O)ccc3C1=C2O. The van der Waals surface area contributed by atoms with Gasteiger partial charge in [-0.1, -0.05) is 6.92 Å². The number of fused-ring (bicyclic) bond motifs is 4. The molecule has 5 heteroatoms. The fourth-order valence-corrected chi connectivity index (χ4v) is 3.22. The number of aliphatic hydroxyl groups is 1. The van der Waals surface area contributed by atoms with E-state index in [1.165, 1.54) is 6.07 Å². The second kappa shape index (κ2) is 4.84. The van der Waals surface area contributed by atoms with Crippen LogP contribution < -0.4 is 9.47 Å². The van der Waals surface area contributed by atoms with Crippen molar-refractivity contribution in [1.82, 2.24) is 0 Å². The van der Waals surface area contributed by atoms with E-state index in [0.29, 0.717) is 40.2 Å². The van der Waals surface area contributed by atoms with E-state index < -0.39 is 6.10 Å². The Bertz CT molecular complexity index is 838. The average molecular weight is 312 g/mol. The maximum atomic E-state index is 10.8. The summed E-state index contributed by atoms with van der Waals surface area (Å²) in [6.07, 6.45) is 0.141. The standard InChI is InChI=1S/C18H16O5/c1-2-10-13(20)6-5-12-17(21)16-11-4-3-9(19)7-14(11)22-8-15(16)23-18(10)12/h3-7,15,19-21H,2,8H2,1H3. The topological polar surface area (TPSA) is 79.2 Å². The Labute approximate surface area is 133 Å². The minimum absolute atomic E-state index is 0.109. The summed E-state index contributed by atoms with van der Waals surface area (Å²) in [5.41, 5.74) is 2.58. The van der Waals surface area contributed by atoms with Crippen molar-refractivity contribution in [3.8, 4) is 23.0 Å². The minimum atomic E-state index is -0.452. The van der Waals surface area contributed by atoms with Crippen LogP contribution in [0, 0.1) is 0 Å². The lowest BCUT2D eigenvalue weighted by Gasteiger charge is -2.34. The molecular formula is C18H16O5. The number of rotatable bonds is 1. The molecule has 2 aliphatic rings. The van der Waals surface area contributed by atoms with Crippen molar-refractivity contribution in [2.75, 3.05) is 6.61 Å². The maximum absolute atomic E-state index is 10.8. The number of phenolic OH excluding ortho intramolecular Hbond substituents is 2. The number of aromatic hydroxyl groups is 2. The first-order chi connectivity index (χ1) is 11.1. The summed E-state index contributed by atoms with van der Waals surface area (Å²) >= 11 is 0. The van der Waals surface area contributed by atoms with Crippen LogP contribution in [0.5, 0.6) is 23.0 Å². The molecule has 2 aromatic rings. The molecule has 0 saturated carbocycles. The fourth-order valence-electron chi connectivity index (χ4n) is 3.22. The first-order valence-corrected chi connectivity index (χ1v) is 7.51. The van der Waals surface area contributed by atoms with E-state index in [0.717, 1.165) is 0 Å². The molecule has 2 aliphatic heterocycles. The average Bonchev–Trinajstić information content (AvgIpc) is 2.54. The summed E-state index contributed by atoms with van der Waals surface area (Å²) < 4.78 is 11.7. The quantitative estimate of drug-likeness (QED) is 0.753. The van der Waals surface area contributed by atoms with Gasteiger partial charge in [0.1, 0.15) is 35.4 Å².